The van der Waals surface area contributed by atoms with Crippen LogP contribution in [0.15, 0.2) is 132 Å². The Hall–Kier alpha value is -5.34. The van der Waals surface area contributed by atoms with E-state index in [4.69, 9.17) is 4.74 Å². The quantitative estimate of drug-likeness (QED) is 0.108. The minimum absolute atomic E-state index is 0.1000. The van der Waals surface area contributed by atoms with Gasteiger partial charge in [-0.3, -0.25) is 14.4 Å². The summed E-state index contributed by atoms with van der Waals surface area (Å²) in [5.41, 5.74) is 2.55. The van der Waals surface area contributed by atoms with Crippen LogP contribution in [-0.4, -0.2) is 30.1 Å². The Balaban J connectivity index is 1.29. The van der Waals surface area contributed by atoms with Crippen molar-refractivity contribution < 1.29 is 19.1 Å². The van der Waals surface area contributed by atoms with Crippen molar-refractivity contribution in [2.24, 2.45) is 0 Å². The average molecular weight is 602 g/mol. The number of thioether (sulfide) groups is 1. The highest BCUT2D eigenvalue weighted by molar-refractivity contribution is 8.00. The number of ether oxygens (including phenoxy) is 1. The van der Waals surface area contributed by atoms with E-state index in [1.807, 2.05) is 73.7 Å². The van der Waals surface area contributed by atoms with Crippen molar-refractivity contribution in [3.05, 3.63) is 138 Å². The molecule has 0 saturated heterocycles. The van der Waals surface area contributed by atoms with Gasteiger partial charge in [-0.1, -0.05) is 66.7 Å². The van der Waals surface area contributed by atoms with Crippen molar-refractivity contribution in [3.63, 3.8) is 0 Å². The third-order valence-electron chi connectivity index (χ3n) is 6.56. The summed E-state index contributed by atoms with van der Waals surface area (Å²) >= 11 is 1.35. The molecule has 0 heterocycles. The predicted molar refractivity (Wildman–Crippen MR) is 178 cm³/mol. The van der Waals surface area contributed by atoms with Crippen molar-refractivity contribution >= 4 is 57.7 Å². The topological polar surface area (TPSA) is 96.5 Å². The van der Waals surface area contributed by atoms with Gasteiger partial charge < -0.3 is 20.7 Å². The second-order valence-electron chi connectivity index (χ2n) is 9.72. The molecule has 0 fully saturated rings. The molecule has 0 aromatic heterocycles. The van der Waals surface area contributed by atoms with Gasteiger partial charge in [0.1, 0.15) is 11.4 Å². The highest BCUT2D eigenvalue weighted by Gasteiger charge is 2.16. The zero-order valence-corrected chi connectivity index (χ0v) is 24.9. The molecule has 5 aromatic carbocycles. The molecule has 0 aliphatic rings. The largest absolute Gasteiger partial charge is 0.494 e. The first-order chi connectivity index (χ1) is 21.5. The van der Waals surface area contributed by atoms with E-state index in [2.05, 4.69) is 16.0 Å². The zero-order chi connectivity index (χ0) is 30.7. The van der Waals surface area contributed by atoms with E-state index in [1.54, 1.807) is 60.7 Å². The number of fused-ring (bicyclic) bond motifs is 1. The van der Waals surface area contributed by atoms with Crippen LogP contribution in [0.5, 0.6) is 5.75 Å². The molecule has 5 aromatic rings. The number of nitrogens with one attached hydrogen (secondary N) is 3. The lowest BCUT2D eigenvalue weighted by molar-refractivity contribution is -0.114. The van der Waals surface area contributed by atoms with Crippen molar-refractivity contribution in [1.82, 2.24) is 5.32 Å². The lowest BCUT2D eigenvalue weighted by Gasteiger charge is -2.13. The van der Waals surface area contributed by atoms with Gasteiger partial charge in [-0.25, -0.2) is 0 Å². The Kier molecular flexibility index (Phi) is 10.1. The zero-order valence-electron chi connectivity index (χ0n) is 24.1. The lowest BCUT2D eigenvalue weighted by Crippen LogP contribution is -2.30. The first-order valence-corrected chi connectivity index (χ1v) is 15.1. The van der Waals surface area contributed by atoms with Gasteiger partial charge in [0.15, 0.2) is 0 Å². The number of amides is 3. The van der Waals surface area contributed by atoms with E-state index in [9.17, 15) is 14.4 Å². The van der Waals surface area contributed by atoms with Crippen molar-refractivity contribution in [1.29, 1.82) is 0 Å². The van der Waals surface area contributed by atoms with E-state index >= 15 is 0 Å². The number of hydrogen-bond donors (Lipinski definition) is 3. The minimum Gasteiger partial charge on any atom is -0.494 e. The van der Waals surface area contributed by atoms with Crippen LogP contribution >= 0.6 is 11.8 Å². The van der Waals surface area contributed by atoms with Crippen LogP contribution in [0.4, 0.5) is 11.4 Å². The number of carbonyl (C=O) groups is 3. The summed E-state index contributed by atoms with van der Waals surface area (Å²) in [6.07, 6.45) is 1.68. The van der Waals surface area contributed by atoms with Crippen LogP contribution in [0.3, 0.4) is 0 Å². The van der Waals surface area contributed by atoms with Gasteiger partial charge >= 0.3 is 0 Å². The molecule has 220 valence electrons. The molecule has 3 N–H and O–H groups in total. The Labute approximate surface area is 260 Å². The SMILES string of the molecule is CCOc1ccc(NC(=O)CSc2cccc(NC(=O)/C(=C\c3cccc4ccccc34)NC(=O)c3ccccc3)c2)cc1. The molecule has 0 spiro atoms. The van der Waals surface area contributed by atoms with Crippen LogP contribution in [0.1, 0.15) is 22.8 Å². The third-order valence-corrected chi connectivity index (χ3v) is 7.56. The van der Waals surface area contributed by atoms with Gasteiger partial charge in [-0.05, 0) is 83.9 Å². The van der Waals surface area contributed by atoms with E-state index < -0.39 is 11.8 Å². The maximum absolute atomic E-state index is 13.6. The molecule has 0 saturated carbocycles. The molecule has 0 aliphatic heterocycles. The maximum atomic E-state index is 13.6. The number of anilines is 2. The summed E-state index contributed by atoms with van der Waals surface area (Å²) in [5.74, 6) is -0.0945. The van der Waals surface area contributed by atoms with Gasteiger partial charge in [0, 0.05) is 21.8 Å². The van der Waals surface area contributed by atoms with E-state index in [0.29, 0.717) is 23.5 Å². The number of benzene rings is 5. The highest BCUT2D eigenvalue weighted by Crippen LogP contribution is 2.24. The molecular weight excluding hydrogens is 570 g/mol. The Morgan fingerprint density at radius 1 is 0.750 bits per heavy atom. The smallest absolute Gasteiger partial charge is 0.272 e. The summed E-state index contributed by atoms with van der Waals surface area (Å²) in [6, 6.07) is 36.8. The van der Waals surface area contributed by atoms with Gasteiger partial charge in [-0.15, -0.1) is 11.8 Å². The Morgan fingerprint density at radius 2 is 1.48 bits per heavy atom. The molecule has 0 bridgehead atoms. The summed E-state index contributed by atoms with van der Waals surface area (Å²) in [4.78, 5) is 40.0. The van der Waals surface area contributed by atoms with Gasteiger partial charge in [0.05, 0.1) is 12.4 Å². The van der Waals surface area contributed by atoms with Crippen LogP contribution < -0.4 is 20.7 Å². The van der Waals surface area contributed by atoms with E-state index in [0.717, 1.165) is 27.0 Å². The van der Waals surface area contributed by atoms with Crippen LogP contribution in [0.25, 0.3) is 16.8 Å². The summed E-state index contributed by atoms with van der Waals surface area (Å²) < 4.78 is 5.44. The molecule has 0 atom stereocenters. The molecule has 8 heteroatoms. The summed E-state index contributed by atoms with van der Waals surface area (Å²) in [6.45, 7) is 2.49. The fraction of sp³-hybridized carbons (Fsp3) is 0.0833. The molecule has 44 heavy (non-hydrogen) atoms. The van der Waals surface area contributed by atoms with Crippen LogP contribution in [0.2, 0.25) is 0 Å². The first kappa shape index (κ1) is 30.1. The lowest BCUT2D eigenvalue weighted by atomic mass is 10.0. The highest BCUT2D eigenvalue weighted by atomic mass is 32.2. The molecule has 7 nitrogen and oxygen atoms in total. The fourth-order valence-electron chi connectivity index (χ4n) is 4.48. The Morgan fingerprint density at radius 3 is 2.27 bits per heavy atom. The summed E-state index contributed by atoms with van der Waals surface area (Å²) in [5, 5.41) is 10.6. The monoisotopic (exact) mass is 601 g/mol. The predicted octanol–water partition coefficient (Wildman–Crippen LogP) is 7.38. The number of rotatable bonds is 11. The second kappa shape index (κ2) is 14.7. The second-order valence-corrected chi connectivity index (χ2v) is 10.8. The molecular formula is C36H31N3O4S. The van der Waals surface area contributed by atoms with Crippen LogP contribution in [-0.2, 0) is 9.59 Å². The van der Waals surface area contributed by atoms with Crippen molar-refractivity contribution in [2.45, 2.75) is 11.8 Å². The van der Waals surface area contributed by atoms with Crippen LogP contribution in [0, 0.1) is 0 Å². The van der Waals surface area contributed by atoms with Gasteiger partial charge in [-0.2, -0.15) is 0 Å². The molecule has 0 aliphatic carbocycles. The maximum Gasteiger partial charge on any atom is 0.272 e. The average Bonchev–Trinajstić information content (AvgIpc) is 3.05. The molecule has 5 rings (SSSR count). The van der Waals surface area contributed by atoms with Gasteiger partial charge in [0.2, 0.25) is 5.91 Å². The third kappa shape index (κ3) is 8.14. The van der Waals surface area contributed by atoms with Gasteiger partial charge in [0.25, 0.3) is 11.8 Å². The first-order valence-electron chi connectivity index (χ1n) is 14.1. The fourth-order valence-corrected chi connectivity index (χ4v) is 5.24. The van der Waals surface area contributed by atoms with E-state index in [1.165, 1.54) is 11.8 Å². The molecule has 3 amide bonds. The summed E-state index contributed by atoms with van der Waals surface area (Å²) in [7, 11) is 0. The number of carbonyl (C=O) groups excluding carboxylic acids is 3. The molecule has 0 radical (unpaired) electrons. The van der Waals surface area contributed by atoms with Crippen molar-refractivity contribution in [3.8, 4) is 5.75 Å². The standard InChI is InChI=1S/C36H31N3O4S/c1-2-43-30-20-18-28(19-21-30)37-34(40)24-44-31-16-9-15-29(23-31)38-36(42)33(39-35(41)26-11-4-3-5-12-26)22-27-14-8-13-25-10-6-7-17-32(25)27/h3-23H,2,24H2,1H3,(H,37,40)(H,38,42)(H,39,41)/b33-22+. The minimum atomic E-state index is -0.474. The number of hydrogen-bond acceptors (Lipinski definition) is 5. The molecule has 0 unspecified atom stereocenters. The normalized spacial score (nSPS) is 11.1. The van der Waals surface area contributed by atoms with E-state index in [-0.39, 0.29) is 17.4 Å². The van der Waals surface area contributed by atoms with Crippen molar-refractivity contribution in [2.75, 3.05) is 23.0 Å². The Bertz CT molecular complexity index is 1800.